The normalized spacial score (nSPS) is 17.8. The Morgan fingerprint density at radius 3 is 2.28 bits per heavy atom. The highest BCUT2D eigenvalue weighted by molar-refractivity contribution is 7.99. The lowest BCUT2D eigenvalue weighted by Crippen LogP contribution is -2.54. The molecule has 3 aromatic rings. The van der Waals surface area contributed by atoms with Gasteiger partial charge in [-0.25, -0.2) is 9.18 Å². The second kappa shape index (κ2) is 19.6. The molecule has 14 nitrogen and oxygen atoms in total. The zero-order chi connectivity index (χ0) is 40.4. The Kier molecular flexibility index (Phi) is 13.9. The minimum Gasteiger partial charge on any atom is -0.490 e. The molecule has 1 N–H and O–H groups in total. The lowest BCUT2D eigenvalue weighted by molar-refractivity contribution is -0.136. The molecule has 2 saturated heterocycles. The SMILES string of the molecule is O=C=C(CCOCCOCCOCCOc1cccc2c1C(=O)N(C1CCC(=O)NC1=O)C2=O)N1CCN(CCCN2c3ccccc3Sc3ccc(F)cc32)CC1. The zero-order valence-electron chi connectivity index (χ0n) is 32.1. The first-order valence-electron chi connectivity index (χ1n) is 19.6. The highest BCUT2D eigenvalue weighted by atomic mass is 32.2. The van der Waals surface area contributed by atoms with Crippen molar-refractivity contribution in [2.45, 2.75) is 41.5 Å². The van der Waals surface area contributed by atoms with Gasteiger partial charge in [0.15, 0.2) is 0 Å². The van der Waals surface area contributed by atoms with Crippen molar-refractivity contribution in [3.63, 3.8) is 0 Å². The predicted octanol–water partition coefficient (Wildman–Crippen LogP) is 4.07. The first kappa shape index (κ1) is 41.1. The predicted molar refractivity (Wildman–Crippen MR) is 211 cm³/mol. The van der Waals surface area contributed by atoms with Gasteiger partial charge in [0, 0.05) is 55.4 Å². The fraction of sp³-hybridized carbons (Fsp3) is 0.429. The third kappa shape index (κ3) is 9.60. The largest absolute Gasteiger partial charge is 0.490 e. The van der Waals surface area contributed by atoms with Crippen LogP contribution in [0.15, 0.2) is 76.2 Å². The van der Waals surface area contributed by atoms with E-state index in [1.54, 1.807) is 30.0 Å². The van der Waals surface area contributed by atoms with E-state index in [4.69, 9.17) is 18.9 Å². The Hall–Kier alpha value is -5.09. The molecule has 0 aliphatic carbocycles. The van der Waals surface area contributed by atoms with Crippen LogP contribution in [0, 0.1) is 5.82 Å². The molecule has 0 aromatic heterocycles. The average Bonchev–Trinajstić information content (AvgIpc) is 3.48. The van der Waals surface area contributed by atoms with E-state index < -0.39 is 29.7 Å². The summed E-state index contributed by atoms with van der Waals surface area (Å²) in [5.41, 5.74) is 2.87. The molecule has 4 aliphatic rings. The molecule has 4 aliphatic heterocycles. The molecule has 306 valence electrons. The molecule has 16 heteroatoms. The third-order valence-corrected chi connectivity index (χ3v) is 11.6. The van der Waals surface area contributed by atoms with Gasteiger partial charge in [-0.15, -0.1) is 0 Å². The Bertz CT molecular complexity index is 2050. The smallest absolute Gasteiger partial charge is 0.266 e. The van der Waals surface area contributed by atoms with Gasteiger partial charge >= 0.3 is 0 Å². The van der Waals surface area contributed by atoms with E-state index in [0.29, 0.717) is 45.2 Å². The number of carbonyl (C=O) groups is 4. The van der Waals surface area contributed by atoms with Gasteiger partial charge in [-0.05, 0) is 61.9 Å². The number of piperazine rings is 1. The molecule has 3 aromatic carbocycles. The van der Waals surface area contributed by atoms with Gasteiger partial charge in [0.25, 0.3) is 11.8 Å². The maximum absolute atomic E-state index is 14.2. The van der Waals surface area contributed by atoms with E-state index in [1.807, 2.05) is 18.2 Å². The minimum absolute atomic E-state index is 0.0427. The first-order chi connectivity index (χ1) is 28.3. The van der Waals surface area contributed by atoms with Crippen LogP contribution in [-0.2, 0) is 28.6 Å². The number of nitrogens with one attached hydrogen (secondary N) is 1. The number of piperidine rings is 1. The maximum Gasteiger partial charge on any atom is 0.266 e. The van der Waals surface area contributed by atoms with E-state index in [1.165, 1.54) is 17.0 Å². The molecular formula is C42H46FN5O9S. The molecule has 58 heavy (non-hydrogen) atoms. The van der Waals surface area contributed by atoms with Crippen LogP contribution in [-0.4, -0.2) is 136 Å². The Labute approximate surface area is 340 Å². The number of anilines is 2. The van der Waals surface area contributed by atoms with E-state index in [9.17, 15) is 28.4 Å². The topological polar surface area (TPSA) is 147 Å². The fourth-order valence-electron chi connectivity index (χ4n) is 7.54. The van der Waals surface area contributed by atoms with Gasteiger partial charge in [0.05, 0.1) is 62.1 Å². The van der Waals surface area contributed by atoms with Crippen molar-refractivity contribution in [3.8, 4) is 5.75 Å². The number of ether oxygens (including phenoxy) is 4. The van der Waals surface area contributed by atoms with E-state index in [0.717, 1.165) is 66.9 Å². The molecule has 1 unspecified atom stereocenters. The van der Waals surface area contributed by atoms with Crippen LogP contribution in [0.4, 0.5) is 15.8 Å². The first-order valence-corrected chi connectivity index (χ1v) is 20.4. The number of para-hydroxylation sites is 1. The summed E-state index contributed by atoms with van der Waals surface area (Å²) >= 11 is 1.67. The van der Waals surface area contributed by atoms with Crippen LogP contribution in [0.5, 0.6) is 5.75 Å². The third-order valence-electron chi connectivity index (χ3n) is 10.5. The van der Waals surface area contributed by atoms with Crippen molar-refractivity contribution in [2.24, 2.45) is 0 Å². The van der Waals surface area contributed by atoms with Crippen LogP contribution < -0.4 is 15.0 Å². The average molecular weight is 816 g/mol. The molecule has 0 spiro atoms. The van der Waals surface area contributed by atoms with Crippen LogP contribution in [0.1, 0.15) is 46.4 Å². The van der Waals surface area contributed by atoms with Crippen LogP contribution in [0.25, 0.3) is 0 Å². The van der Waals surface area contributed by atoms with Crippen molar-refractivity contribution in [3.05, 3.63) is 83.3 Å². The maximum atomic E-state index is 14.2. The number of nitrogens with zero attached hydrogens (tertiary/aromatic N) is 4. The standard InChI is InChI=1S/C42H46FN5O9S/c43-29-9-11-37-34(27-29)47(32-6-1-2-8-36(32)58-37)15-4-14-45-16-18-46(19-17-45)30(28-49)13-20-54-21-22-55-23-24-56-25-26-57-35-7-3-5-31-39(35)42(53)48(41(31)52)33-10-12-38(50)44-40(33)51/h1-3,5-9,11,27,33H,4,10,12-26H2,(H,44,50,51). The monoisotopic (exact) mass is 815 g/mol. The lowest BCUT2D eigenvalue weighted by atomic mass is 10.0. The van der Waals surface area contributed by atoms with Crippen molar-refractivity contribution < 1.29 is 47.3 Å². The van der Waals surface area contributed by atoms with E-state index in [2.05, 4.69) is 38.1 Å². The Morgan fingerprint density at radius 2 is 1.52 bits per heavy atom. The molecule has 0 saturated carbocycles. The highest BCUT2D eigenvalue weighted by Crippen LogP contribution is 2.48. The van der Waals surface area contributed by atoms with Crippen molar-refractivity contribution in [2.75, 3.05) is 90.4 Å². The summed E-state index contributed by atoms with van der Waals surface area (Å²) in [6.45, 7) is 6.90. The van der Waals surface area contributed by atoms with Gasteiger partial charge in [0.1, 0.15) is 35.9 Å². The van der Waals surface area contributed by atoms with Crippen LogP contribution in [0.2, 0.25) is 0 Å². The second-order valence-electron chi connectivity index (χ2n) is 14.1. The van der Waals surface area contributed by atoms with Gasteiger partial charge in [0.2, 0.25) is 11.8 Å². The number of carbonyl (C=O) groups excluding carboxylic acids is 5. The summed E-state index contributed by atoms with van der Waals surface area (Å²) in [5, 5.41) is 2.19. The van der Waals surface area contributed by atoms with Gasteiger partial charge in [-0.2, -0.15) is 0 Å². The minimum atomic E-state index is -1.05. The molecule has 4 heterocycles. The number of benzene rings is 3. The number of rotatable bonds is 19. The summed E-state index contributed by atoms with van der Waals surface area (Å²) in [5.74, 6) is -0.233. The number of hydrogen-bond donors (Lipinski definition) is 1. The summed E-state index contributed by atoms with van der Waals surface area (Å²) in [7, 11) is 0. The van der Waals surface area contributed by atoms with Gasteiger partial charge in [-0.1, -0.05) is 30.0 Å². The number of hydrogen-bond acceptors (Lipinski definition) is 13. The highest BCUT2D eigenvalue weighted by Gasteiger charge is 2.46. The summed E-state index contributed by atoms with van der Waals surface area (Å²) in [6.07, 6.45) is 1.50. The molecule has 2 fully saturated rings. The van der Waals surface area contributed by atoms with E-state index in [-0.39, 0.29) is 48.7 Å². The number of amides is 4. The van der Waals surface area contributed by atoms with Crippen LogP contribution >= 0.6 is 11.8 Å². The quantitative estimate of drug-likeness (QED) is 0.106. The fourth-order valence-corrected chi connectivity index (χ4v) is 8.61. The van der Waals surface area contributed by atoms with Gasteiger partial charge < -0.3 is 28.7 Å². The van der Waals surface area contributed by atoms with Crippen molar-refractivity contribution >= 4 is 52.7 Å². The zero-order valence-corrected chi connectivity index (χ0v) is 32.9. The number of fused-ring (bicyclic) bond motifs is 3. The molecule has 0 bridgehead atoms. The number of halogens is 1. The van der Waals surface area contributed by atoms with Crippen molar-refractivity contribution in [1.29, 1.82) is 0 Å². The molecule has 7 rings (SSSR count). The molecule has 1 atom stereocenters. The second-order valence-corrected chi connectivity index (χ2v) is 15.2. The summed E-state index contributed by atoms with van der Waals surface area (Å²) in [6, 6.07) is 16.9. The Morgan fingerprint density at radius 1 is 0.793 bits per heavy atom. The van der Waals surface area contributed by atoms with Gasteiger partial charge in [-0.3, -0.25) is 34.3 Å². The Balaban J connectivity index is 0.725. The number of imide groups is 2. The molecular weight excluding hydrogens is 770 g/mol. The lowest BCUT2D eigenvalue weighted by Gasteiger charge is -2.37. The van der Waals surface area contributed by atoms with Crippen LogP contribution in [0.3, 0.4) is 0 Å². The molecule has 0 radical (unpaired) electrons. The summed E-state index contributed by atoms with van der Waals surface area (Å²) < 4.78 is 36.8. The van der Waals surface area contributed by atoms with E-state index >= 15 is 0 Å². The van der Waals surface area contributed by atoms with Crippen molar-refractivity contribution in [1.82, 2.24) is 20.0 Å². The molecule has 4 amide bonds. The summed E-state index contributed by atoms with van der Waals surface area (Å²) in [4.78, 5) is 71.7.